The van der Waals surface area contributed by atoms with Crippen molar-refractivity contribution in [2.24, 2.45) is 17.6 Å². The van der Waals surface area contributed by atoms with Gasteiger partial charge in [-0.1, -0.05) is 20.8 Å². The maximum Gasteiger partial charge on any atom is 0.303 e. The molecule has 17 heavy (non-hydrogen) atoms. The van der Waals surface area contributed by atoms with Crippen molar-refractivity contribution in [3.05, 3.63) is 0 Å². The Morgan fingerprint density at radius 1 is 1.29 bits per heavy atom. The van der Waals surface area contributed by atoms with Gasteiger partial charge in [-0.15, -0.1) is 0 Å². The minimum atomic E-state index is -0.801. The summed E-state index contributed by atoms with van der Waals surface area (Å²) in [4.78, 5) is 21.9. The second-order valence-corrected chi connectivity index (χ2v) is 4.95. The van der Waals surface area contributed by atoms with Crippen LogP contribution >= 0.6 is 0 Å². The molecule has 2 unspecified atom stereocenters. The van der Waals surface area contributed by atoms with E-state index in [9.17, 15) is 9.59 Å². The summed E-state index contributed by atoms with van der Waals surface area (Å²) in [5.41, 5.74) is 5.78. The highest BCUT2D eigenvalue weighted by Gasteiger charge is 2.13. The fraction of sp³-hybridized carbons (Fsp3) is 0.833. The van der Waals surface area contributed by atoms with Crippen molar-refractivity contribution in [3.63, 3.8) is 0 Å². The number of carboxylic acids is 1. The first-order valence-corrected chi connectivity index (χ1v) is 6.07. The van der Waals surface area contributed by atoms with E-state index in [1.54, 1.807) is 0 Å². The molecule has 0 aromatic heterocycles. The Labute approximate surface area is 103 Å². The second-order valence-electron chi connectivity index (χ2n) is 4.95. The molecule has 0 fully saturated rings. The third-order valence-electron chi connectivity index (χ3n) is 2.78. The van der Waals surface area contributed by atoms with Crippen LogP contribution in [0.1, 0.15) is 40.0 Å². The predicted molar refractivity (Wildman–Crippen MR) is 66.5 cm³/mol. The van der Waals surface area contributed by atoms with Crippen LogP contribution in [0.3, 0.4) is 0 Å². The molecule has 1 amide bonds. The highest BCUT2D eigenvalue weighted by atomic mass is 16.4. The number of carbonyl (C=O) groups is 2. The van der Waals surface area contributed by atoms with Gasteiger partial charge in [-0.3, -0.25) is 9.59 Å². The molecule has 5 heteroatoms. The standard InChI is InChI=1S/C12H24N2O3/c1-8(2)10(13)6-11(15)14-7-9(3)4-5-12(16)17/h8-10H,4-7,13H2,1-3H3,(H,14,15)(H,16,17). The fourth-order valence-corrected chi connectivity index (χ4v) is 1.28. The Kier molecular flexibility index (Phi) is 7.54. The molecule has 0 aliphatic heterocycles. The predicted octanol–water partition coefficient (Wildman–Crippen LogP) is 0.977. The Hall–Kier alpha value is -1.10. The number of hydrogen-bond donors (Lipinski definition) is 3. The summed E-state index contributed by atoms with van der Waals surface area (Å²) in [6.45, 7) is 6.39. The summed E-state index contributed by atoms with van der Waals surface area (Å²) >= 11 is 0. The van der Waals surface area contributed by atoms with Crippen molar-refractivity contribution >= 4 is 11.9 Å². The van der Waals surface area contributed by atoms with E-state index in [0.29, 0.717) is 19.4 Å². The fourth-order valence-electron chi connectivity index (χ4n) is 1.28. The average molecular weight is 244 g/mol. The lowest BCUT2D eigenvalue weighted by Crippen LogP contribution is -2.36. The molecule has 2 atom stereocenters. The maximum atomic E-state index is 11.5. The molecule has 0 aromatic carbocycles. The zero-order valence-electron chi connectivity index (χ0n) is 10.9. The summed E-state index contributed by atoms with van der Waals surface area (Å²) in [5.74, 6) is -0.408. The van der Waals surface area contributed by atoms with Gasteiger partial charge < -0.3 is 16.2 Å². The molecule has 0 aliphatic rings. The van der Waals surface area contributed by atoms with Crippen molar-refractivity contribution in [3.8, 4) is 0 Å². The second kappa shape index (κ2) is 8.06. The Balaban J connectivity index is 3.72. The van der Waals surface area contributed by atoms with Crippen molar-refractivity contribution in [1.82, 2.24) is 5.32 Å². The van der Waals surface area contributed by atoms with Gasteiger partial charge in [-0.05, 0) is 18.3 Å². The molecule has 0 heterocycles. The molecule has 0 radical (unpaired) electrons. The number of hydrogen-bond acceptors (Lipinski definition) is 3. The molecular weight excluding hydrogens is 220 g/mol. The molecule has 0 saturated carbocycles. The molecule has 0 aliphatic carbocycles. The van der Waals surface area contributed by atoms with Gasteiger partial charge >= 0.3 is 5.97 Å². The topological polar surface area (TPSA) is 92.4 Å². The van der Waals surface area contributed by atoms with Crippen LogP contribution in [0, 0.1) is 11.8 Å². The minimum absolute atomic E-state index is 0.0617. The van der Waals surface area contributed by atoms with Crippen molar-refractivity contribution < 1.29 is 14.7 Å². The number of rotatable bonds is 8. The smallest absolute Gasteiger partial charge is 0.303 e. The van der Waals surface area contributed by atoms with Gasteiger partial charge in [0.05, 0.1) is 0 Å². The molecule has 4 N–H and O–H groups in total. The van der Waals surface area contributed by atoms with Crippen molar-refractivity contribution in [2.45, 2.75) is 46.1 Å². The van der Waals surface area contributed by atoms with E-state index in [1.165, 1.54) is 0 Å². The number of carboxylic acid groups (broad SMARTS) is 1. The molecule has 0 rings (SSSR count). The van der Waals surface area contributed by atoms with Crippen LogP contribution in [0.4, 0.5) is 0 Å². The molecule has 0 spiro atoms. The van der Waals surface area contributed by atoms with Crippen LogP contribution < -0.4 is 11.1 Å². The zero-order valence-corrected chi connectivity index (χ0v) is 10.9. The third-order valence-corrected chi connectivity index (χ3v) is 2.78. The Morgan fingerprint density at radius 2 is 1.88 bits per heavy atom. The van der Waals surface area contributed by atoms with E-state index < -0.39 is 5.97 Å². The number of aliphatic carboxylic acids is 1. The summed E-state index contributed by atoms with van der Waals surface area (Å²) in [6, 6.07) is -0.121. The molecule has 5 nitrogen and oxygen atoms in total. The van der Waals surface area contributed by atoms with Crippen LogP contribution in [0.5, 0.6) is 0 Å². The van der Waals surface area contributed by atoms with Crippen LogP contribution in [-0.2, 0) is 9.59 Å². The normalized spacial score (nSPS) is 14.4. The highest BCUT2D eigenvalue weighted by molar-refractivity contribution is 5.76. The van der Waals surface area contributed by atoms with E-state index in [2.05, 4.69) is 5.32 Å². The van der Waals surface area contributed by atoms with Crippen molar-refractivity contribution in [2.75, 3.05) is 6.54 Å². The van der Waals surface area contributed by atoms with Crippen LogP contribution in [0.15, 0.2) is 0 Å². The monoisotopic (exact) mass is 244 g/mol. The zero-order chi connectivity index (χ0) is 13.4. The third kappa shape index (κ3) is 8.68. The lowest BCUT2D eigenvalue weighted by molar-refractivity contribution is -0.137. The van der Waals surface area contributed by atoms with E-state index in [4.69, 9.17) is 10.8 Å². The molecule has 0 saturated heterocycles. The number of amides is 1. The van der Waals surface area contributed by atoms with Crippen molar-refractivity contribution in [1.29, 1.82) is 0 Å². The van der Waals surface area contributed by atoms with Crippen LogP contribution in [0.2, 0.25) is 0 Å². The van der Waals surface area contributed by atoms with Gasteiger partial charge in [-0.2, -0.15) is 0 Å². The highest BCUT2D eigenvalue weighted by Crippen LogP contribution is 2.05. The first-order chi connectivity index (χ1) is 7.82. The van der Waals surface area contributed by atoms with Gasteiger partial charge in [0.2, 0.25) is 5.91 Å². The number of carbonyl (C=O) groups excluding carboxylic acids is 1. The van der Waals surface area contributed by atoms with E-state index in [0.717, 1.165) is 0 Å². The molecule has 0 bridgehead atoms. The van der Waals surface area contributed by atoms with E-state index in [-0.39, 0.29) is 30.2 Å². The average Bonchev–Trinajstić information content (AvgIpc) is 2.23. The quantitative estimate of drug-likeness (QED) is 0.593. The van der Waals surface area contributed by atoms with Crippen LogP contribution in [0.25, 0.3) is 0 Å². The van der Waals surface area contributed by atoms with E-state index in [1.807, 2.05) is 20.8 Å². The Bertz CT molecular complexity index is 254. The number of nitrogens with one attached hydrogen (secondary N) is 1. The summed E-state index contributed by atoms with van der Waals surface area (Å²) in [6.07, 6.45) is 1.04. The van der Waals surface area contributed by atoms with Gasteiger partial charge in [0.15, 0.2) is 0 Å². The summed E-state index contributed by atoms with van der Waals surface area (Å²) in [5, 5.41) is 11.3. The van der Waals surface area contributed by atoms with E-state index >= 15 is 0 Å². The lowest BCUT2D eigenvalue weighted by atomic mass is 10.0. The maximum absolute atomic E-state index is 11.5. The summed E-state index contributed by atoms with van der Waals surface area (Å²) in [7, 11) is 0. The van der Waals surface area contributed by atoms with Gasteiger partial charge in [0.25, 0.3) is 0 Å². The van der Waals surface area contributed by atoms with Gasteiger partial charge in [0.1, 0.15) is 0 Å². The van der Waals surface area contributed by atoms with Gasteiger partial charge in [0, 0.05) is 25.4 Å². The summed E-state index contributed by atoms with van der Waals surface area (Å²) < 4.78 is 0. The lowest BCUT2D eigenvalue weighted by Gasteiger charge is -2.16. The SMILES string of the molecule is CC(CCC(=O)O)CNC(=O)CC(N)C(C)C. The Morgan fingerprint density at radius 3 is 2.35 bits per heavy atom. The molecule has 0 aromatic rings. The number of nitrogens with two attached hydrogens (primary N) is 1. The van der Waals surface area contributed by atoms with Gasteiger partial charge in [-0.25, -0.2) is 0 Å². The van der Waals surface area contributed by atoms with Crippen LogP contribution in [-0.4, -0.2) is 29.6 Å². The molecule has 100 valence electrons. The molecular formula is C12H24N2O3. The minimum Gasteiger partial charge on any atom is -0.481 e. The first kappa shape index (κ1) is 15.9. The largest absolute Gasteiger partial charge is 0.481 e. The first-order valence-electron chi connectivity index (χ1n) is 6.07.